The third kappa shape index (κ3) is 3.81. The fraction of sp³-hybridized carbons (Fsp3) is 0.846. The topological polar surface area (TPSA) is 46.2 Å². The van der Waals surface area contributed by atoms with Crippen LogP contribution in [0.15, 0.2) is 11.5 Å². The highest BCUT2D eigenvalue weighted by molar-refractivity contribution is 7.94. The summed E-state index contributed by atoms with van der Waals surface area (Å²) < 4.78 is 22.6. The van der Waals surface area contributed by atoms with Gasteiger partial charge in [-0.15, -0.1) is 0 Å². The first kappa shape index (κ1) is 13.1. The quantitative estimate of drug-likeness (QED) is 0.789. The van der Waals surface area contributed by atoms with Gasteiger partial charge >= 0.3 is 0 Å². The van der Waals surface area contributed by atoms with Crippen LogP contribution in [0.2, 0.25) is 0 Å². The van der Waals surface area contributed by atoms with Crippen LogP contribution in [0.1, 0.15) is 45.4 Å². The molecule has 17 heavy (non-hydrogen) atoms. The molecule has 0 bridgehead atoms. The molecule has 3 nitrogen and oxygen atoms in total. The maximum absolute atomic E-state index is 11.3. The molecule has 2 rings (SSSR count). The molecule has 1 saturated carbocycles. The summed E-state index contributed by atoms with van der Waals surface area (Å²) in [5, 5.41) is 4.85. The van der Waals surface area contributed by atoms with Crippen LogP contribution in [0.5, 0.6) is 0 Å². The van der Waals surface area contributed by atoms with Gasteiger partial charge in [0.15, 0.2) is 9.84 Å². The van der Waals surface area contributed by atoms with Gasteiger partial charge in [0.05, 0.1) is 5.75 Å². The molecule has 1 aliphatic heterocycles. The van der Waals surface area contributed by atoms with Crippen molar-refractivity contribution in [3.05, 3.63) is 11.5 Å². The van der Waals surface area contributed by atoms with E-state index in [0.29, 0.717) is 6.04 Å². The molecule has 0 aromatic carbocycles. The first-order chi connectivity index (χ1) is 8.09. The molecule has 1 N–H and O–H groups in total. The smallest absolute Gasteiger partial charge is 0.173 e. The molecule has 0 radical (unpaired) electrons. The van der Waals surface area contributed by atoms with Gasteiger partial charge in [-0.2, -0.15) is 0 Å². The Labute approximate surface area is 105 Å². The van der Waals surface area contributed by atoms with Crippen LogP contribution in [0, 0.1) is 5.92 Å². The van der Waals surface area contributed by atoms with Gasteiger partial charge in [-0.3, -0.25) is 0 Å². The molecule has 0 saturated heterocycles. The number of nitrogens with one attached hydrogen (secondary N) is 1. The van der Waals surface area contributed by atoms with E-state index in [0.717, 1.165) is 5.92 Å². The van der Waals surface area contributed by atoms with Crippen molar-refractivity contribution in [2.45, 2.75) is 57.5 Å². The molecule has 2 aliphatic rings. The van der Waals surface area contributed by atoms with Gasteiger partial charge in [0.1, 0.15) is 0 Å². The zero-order valence-corrected chi connectivity index (χ0v) is 11.4. The minimum absolute atomic E-state index is 0.0446. The normalized spacial score (nSPS) is 36.9. The van der Waals surface area contributed by atoms with Crippen LogP contribution in [-0.2, 0) is 9.84 Å². The molecule has 1 heterocycles. The lowest BCUT2D eigenvalue weighted by Gasteiger charge is -2.20. The Bertz CT molecular complexity index is 375. The molecular weight excluding hydrogens is 234 g/mol. The average molecular weight is 257 g/mol. The lowest BCUT2D eigenvalue weighted by atomic mass is 9.98. The first-order valence-corrected chi connectivity index (χ1v) is 8.47. The summed E-state index contributed by atoms with van der Waals surface area (Å²) in [6.45, 7) is 2.27. The van der Waals surface area contributed by atoms with Crippen molar-refractivity contribution in [1.29, 1.82) is 0 Å². The number of sulfone groups is 1. The zero-order valence-electron chi connectivity index (χ0n) is 10.6. The molecule has 4 heteroatoms. The Kier molecular flexibility index (Phi) is 4.26. The second-order valence-corrected chi connectivity index (χ2v) is 7.34. The van der Waals surface area contributed by atoms with E-state index in [-0.39, 0.29) is 11.8 Å². The summed E-state index contributed by atoms with van der Waals surface area (Å²) in [5.74, 6) is 1.13. The Balaban J connectivity index is 1.82. The fourth-order valence-electron chi connectivity index (χ4n) is 2.94. The van der Waals surface area contributed by atoms with Gasteiger partial charge in [-0.1, -0.05) is 32.3 Å². The molecule has 0 aromatic rings. The van der Waals surface area contributed by atoms with Crippen LogP contribution in [-0.4, -0.2) is 26.3 Å². The van der Waals surface area contributed by atoms with Crippen LogP contribution in [0.3, 0.4) is 0 Å². The van der Waals surface area contributed by atoms with Gasteiger partial charge in [0.2, 0.25) is 0 Å². The van der Waals surface area contributed by atoms with Crippen molar-refractivity contribution in [3.8, 4) is 0 Å². The van der Waals surface area contributed by atoms with E-state index in [4.69, 9.17) is 0 Å². The van der Waals surface area contributed by atoms with Crippen molar-refractivity contribution in [2.24, 2.45) is 5.92 Å². The highest BCUT2D eigenvalue weighted by atomic mass is 32.2. The molecule has 1 aliphatic carbocycles. The van der Waals surface area contributed by atoms with E-state index in [1.165, 1.54) is 43.9 Å². The summed E-state index contributed by atoms with van der Waals surface area (Å²) in [6.07, 6.45) is 9.38. The SMILES string of the molecule is CCC1CCCC(NC2C=CS(=O)(=O)C2)CC1. The second kappa shape index (κ2) is 5.53. The van der Waals surface area contributed by atoms with Crippen LogP contribution < -0.4 is 5.32 Å². The van der Waals surface area contributed by atoms with Crippen LogP contribution in [0.4, 0.5) is 0 Å². The monoisotopic (exact) mass is 257 g/mol. The standard InChI is InChI=1S/C13H23NO2S/c1-2-11-4-3-5-12(7-6-11)14-13-8-9-17(15,16)10-13/h8-9,11-14H,2-7,10H2,1H3. The van der Waals surface area contributed by atoms with Crippen molar-refractivity contribution in [3.63, 3.8) is 0 Å². The van der Waals surface area contributed by atoms with E-state index in [1.807, 2.05) is 0 Å². The predicted molar refractivity (Wildman–Crippen MR) is 70.5 cm³/mol. The number of hydrogen-bond acceptors (Lipinski definition) is 3. The maximum atomic E-state index is 11.3. The van der Waals surface area contributed by atoms with Gasteiger partial charge < -0.3 is 5.32 Å². The Morgan fingerprint density at radius 3 is 2.71 bits per heavy atom. The van der Waals surface area contributed by atoms with Gasteiger partial charge in [-0.05, 0) is 25.2 Å². The van der Waals surface area contributed by atoms with E-state index in [9.17, 15) is 8.42 Å². The lowest BCUT2D eigenvalue weighted by Crippen LogP contribution is -2.38. The minimum Gasteiger partial charge on any atom is -0.307 e. The van der Waals surface area contributed by atoms with Crippen LogP contribution >= 0.6 is 0 Å². The molecule has 0 spiro atoms. The average Bonchev–Trinajstić information content (AvgIpc) is 2.51. The molecule has 0 aromatic heterocycles. The summed E-state index contributed by atoms with van der Waals surface area (Å²) in [4.78, 5) is 0. The van der Waals surface area contributed by atoms with Gasteiger partial charge in [-0.25, -0.2) is 8.42 Å². The molecule has 98 valence electrons. The van der Waals surface area contributed by atoms with E-state index in [1.54, 1.807) is 6.08 Å². The summed E-state index contributed by atoms with van der Waals surface area (Å²) in [7, 11) is -2.91. The predicted octanol–water partition coefficient (Wildman–Crippen LogP) is 2.25. The Morgan fingerprint density at radius 2 is 2.06 bits per heavy atom. The molecular formula is C13H23NO2S. The van der Waals surface area contributed by atoms with Gasteiger partial charge in [0.25, 0.3) is 0 Å². The zero-order chi connectivity index (χ0) is 12.3. The van der Waals surface area contributed by atoms with E-state index < -0.39 is 9.84 Å². The third-order valence-electron chi connectivity index (χ3n) is 4.05. The maximum Gasteiger partial charge on any atom is 0.173 e. The first-order valence-electron chi connectivity index (χ1n) is 6.76. The van der Waals surface area contributed by atoms with Gasteiger partial charge in [0, 0.05) is 17.5 Å². The second-order valence-electron chi connectivity index (χ2n) is 5.41. The molecule has 3 unspecified atom stereocenters. The summed E-state index contributed by atoms with van der Waals surface area (Å²) >= 11 is 0. The highest BCUT2D eigenvalue weighted by Crippen LogP contribution is 2.26. The van der Waals surface area contributed by atoms with Crippen molar-refractivity contribution < 1.29 is 8.42 Å². The van der Waals surface area contributed by atoms with Crippen molar-refractivity contribution in [2.75, 3.05) is 5.75 Å². The Hall–Kier alpha value is -0.350. The minimum atomic E-state index is -2.91. The van der Waals surface area contributed by atoms with Crippen LogP contribution in [0.25, 0.3) is 0 Å². The third-order valence-corrected chi connectivity index (χ3v) is 5.44. The van der Waals surface area contributed by atoms with E-state index in [2.05, 4.69) is 12.2 Å². The summed E-state index contributed by atoms with van der Waals surface area (Å²) in [5.41, 5.74) is 0. The number of rotatable bonds is 3. The largest absolute Gasteiger partial charge is 0.307 e. The lowest BCUT2D eigenvalue weighted by molar-refractivity contribution is 0.417. The van der Waals surface area contributed by atoms with E-state index >= 15 is 0 Å². The molecule has 1 fully saturated rings. The molecule has 0 amide bonds. The number of hydrogen-bond donors (Lipinski definition) is 1. The van der Waals surface area contributed by atoms with Crippen molar-refractivity contribution in [1.82, 2.24) is 5.32 Å². The summed E-state index contributed by atoms with van der Waals surface area (Å²) in [6, 6.07) is 0.553. The highest BCUT2D eigenvalue weighted by Gasteiger charge is 2.25. The van der Waals surface area contributed by atoms with Crippen molar-refractivity contribution >= 4 is 9.84 Å². The Morgan fingerprint density at radius 1 is 1.24 bits per heavy atom. The molecule has 3 atom stereocenters. The fourth-order valence-corrected chi connectivity index (χ4v) is 4.18.